The summed E-state index contributed by atoms with van der Waals surface area (Å²) in [6.07, 6.45) is -0.221. The van der Waals surface area contributed by atoms with Crippen molar-refractivity contribution < 1.29 is 19.6 Å². The first-order chi connectivity index (χ1) is 9.12. The topological polar surface area (TPSA) is 136 Å². The number of nitrogens with one attached hydrogen (secondary N) is 1. The second kappa shape index (κ2) is 5.55. The van der Waals surface area contributed by atoms with Gasteiger partial charge in [-0.3, -0.25) is 19.7 Å². The number of amides is 1. The molecule has 0 spiro atoms. The average Bonchev–Trinajstić information content (AvgIpc) is 2.26. The van der Waals surface area contributed by atoms with Gasteiger partial charge in [0.1, 0.15) is 5.69 Å². The minimum Gasteiger partial charge on any atom is -0.481 e. The summed E-state index contributed by atoms with van der Waals surface area (Å²) < 4.78 is 0. The van der Waals surface area contributed by atoms with Crippen LogP contribution in [0.4, 0.5) is 11.4 Å². The molecule has 4 N–H and O–H groups in total. The maximum Gasteiger partial charge on any atom is 0.305 e. The number of carbonyl (C=O) groups is 2. The summed E-state index contributed by atoms with van der Waals surface area (Å²) in [6, 6.07) is 3.73. The number of nitro benzene ring substituents is 1. The van der Waals surface area contributed by atoms with Gasteiger partial charge < -0.3 is 16.2 Å². The number of carboxylic acids is 1. The van der Waals surface area contributed by atoms with Gasteiger partial charge >= 0.3 is 5.97 Å². The van der Waals surface area contributed by atoms with E-state index in [0.29, 0.717) is 0 Å². The smallest absolute Gasteiger partial charge is 0.305 e. The number of nitrogens with zero attached hydrogens (tertiary/aromatic N) is 1. The number of primary amides is 1. The van der Waals surface area contributed by atoms with E-state index in [1.165, 1.54) is 12.1 Å². The molecular formula is C12H15N3O5. The molecule has 0 aliphatic heterocycles. The molecule has 0 aromatic heterocycles. The highest BCUT2D eigenvalue weighted by molar-refractivity contribution is 5.94. The molecule has 0 fully saturated rings. The van der Waals surface area contributed by atoms with Crippen LogP contribution in [0.2, 0.25) is 0 Å². The van der Waals surface area contributed by atoms with Crippen LogP contribution >= 0.6 is 0 Å². The zero-order chi connectivity index (χ0) is 15.5. The molecule has 1 aromatic carbocycles. The Labute approximate surface area is 114 Å². The van der Waals surface area contributed by atoms with Gasteiger partial charge in [0, 0.05) is 17.2 Å². The van der Waals surface area contributed by atoms with Gasteiger partial charge in [-0.2, -0.15) is 0 Å². The molecule has 1 aromatic rings. The number of anilines is 1. The number of hydrogen-bond acceptors (Lipinski definition) is 5. The molecule has 8 heteroatoms. The largest absolute Gasteiger partial charge is 0.481 e. The molecule has 0 radical (unpaired) electrons. The summed E-state index contributed by atoms with van der Waals surface area (Å²) in [4.78, 5) is 32.1. The maximum absolute atomic E-state index is 11.0. The van der Waals surface area contributed by atoms with Crippen LogP contribution < -0.4 is 11.1 Å². The van der Waals surface area contributed by atoms with E-state index in [9.17, 15) is 19.7 Å². The predicted octanol–water partition coefficient (Wildman–Crippen LogP) is 1.36. The highest BCUT2D eigenvalue weighted by Gasteiger charge is 2.25. The van der Waals surface area contributed by atoms with Gasteiger partial charge in [0.15, 0.2) is 0 Å². The Morgan fingerprint density at radius 3 is 2.50 bits per heavy atom. The number of hydrogen-bond donors (Lipinski definition) is 3. The van der Waals surface area contributed by atoms with E-state index in [-0.39, 0.29) is 23.4 Å². The van der Waals surface area contributed by atoms with Gasteiger partial charge in [-0.1, -0.05) is 0 Å². The Morgan fingerprint density at radius 2 is 2.05 bits per heavy atom. The van der Waals surface area contributed by atoms with Crippen LogP contribution in [0.1, 0.15) is 30.6 Å². The van der Waals surface area contributed by atoms with Gasteiger partial charge in [0.25, 0.3) is 5.69 Å². The number of rotatable bonds is 6. The summed E-state index contributed by atoms with van der Waals surface area (Å²) in [5.74, 6) is -1.80. The van der Waals surface area contributed by atoms with Crippen LogP contribution in [0.3, 0.4) is 0 Å². The predicted molar refractivity (Wildman–Crippen MR) is 71.6 cm³/mol. The lowest BCUT2D eigenvalue weighted by molar-refractivity contribution is -0.384. The standard InChI is InChI=1S/C12H15N3O5/c1-12(2,6-10(16)17)14-8-4-3-7(11(13)18)5-9(8)15(19)20/h3-5,14H,6H2,1-2H3,(H2,13,18)(H,16,17). The lowest BCUT2D eigenvalue weighted by atomic mass is 9.99. The van der Waals surface area contributed by atoms with Crippen molar-refractivity contribution in [1.82, 2.24) is 0 Å². The number of benzene rings is 1. The Bertz CT molecular complexity index is 568. The molecule has 1 rings (SSSR count). The van der Waals surface area contributed by atoms with Gasteiger partial charge in [0.05, 0.1) is 11.3 Å². The van der Waals surface area contributed by atoms with E-state index >= 15 is 0 Å². The molecule has 0 heterocycles. The minimum absolute atomic E-state index is 0.0123. The summed E-state index contributed by atoms with van der Waals surface area (Å²) in [6.45, 7) is 3.21. The van der Waals surface area contributed by atoms with E-state index in [2.05, 4.69) is 5.32 Å². The fourth-order valence-electron chi connectivity index (χ4n) is 1.73. The number of nitro groups is 1. The number of aliphatic carboxylic acids is 1. The highest BCUT2D eigenvalue weighted by Crippen LogP contribution is 2.29. The Morgan fingerprint density at radius 1 is 1.45 bits per heavy atom. The molecular weight excluding hydrogens is 266 g/mol. The van der Waals surface area contributed by atoms with Crippen molar-refractivity contribution >= 4 is 23.3 Å². The zero-order valence-corrected chi connectivity index (χ0v) is 11.0. The van der Waals surface area contributed by atoms with Crippen molar-refractivity contribution in [3.63, 3.8) is 0 Å². The molecule has 0 unspecified atom stereocenters. The molecule has 0 saturated heterocycles. The van der Waals surface area contributed by atoms with Crippen LogP contribution in [-0.2, 0) is 4.79 Å². The van der Waals surface area contributed by atoms with E-state index in [0.717, 1.165) is 6.07 Å². The molecule has 108 valence electrons. The average molecular weight is 281 g/mol. The van der Waals surface area contributed by atoms with Crippen LogP contribution in [0, 0.1) is 10.1 Å². The van der Waals surface area contributed by atoms with Crippen LogP contribution in [0.25, 0.3) is 0 Å². The van der Waals surface area contributed by atoms with E-state index < -0.39 is 22.3 Å². The molecule has 1 amide bonds. The molecule has 8 nitrogen and oxygen atoms in total. The summed E-state index contributed by atoms with van der Waals surface area (Å²) in [5, 5.41) is 22.6. The first-order valence-corrected chi connectivity index (χ1v) is 5.70. The third kappa shape index (κ3) is 3.94. The first kappa shape index (κ1) is 15.4. The van der Waals surface area contributed by atoms with Gasteiger partial charge in [-0.25, -0.2) is 0 Å². The van der Waals surface area contributed by atoms with Crippen LogP contribution in [0.15, 0.2) is 18.2 Å². The van der Waals surface area contributed by atoms with Crippen LogP contribution in [0.5, 0.6) is 0 Å². The lowest BCUT2D eigenvalue weighted by Crippen LogP contribution is -2.33. The third-order valence-electron chi connectivity index (χ3n) is 2.55. The quantitative estimate of drug-likeness (QED) is 0.532. The van der Waals surface area contributed by atoms with Crippen molar-refractivity contribution in [2.75, 3.05) is 5.32 Å². The SMILES string of the molecule is CC(C)(CC(=O)O)Nc1ccc(C(N)=O)cc1[N+](=O)[O-]. The Balaban J connectivity index is 3.15. The molecule has 0 bridgehead atoms. The van der Waals surface area contributed by atoms with E-state index in [1.54, 1.807) is 13.8 Å². The molecule has 0 saturated carbocycles. The summed E-state index contributed by atoms with van der Waals surface area (Å²) in [5.41, 5.74) is 3.99. The van der Waals surface area contributed by atoms with Gasteiger partial charge in [-0.15, -0.1) is 0 Å². The normalized spacial score (nSPS) is 10.9. The molecule has 20 heavy (non-hydrogen) atoms. The minimum atomic E-state index is -1.03. The van der Waals surface area contributed by atoms with Gasteiger partial charge in [-0.05, 0) is 26.0 Å². The Kier molecular flexibility index (Phi) is 4.28. The van der Waals surface area contributed by atoms with Gasteiger partial charge in [0.2, 0.25) is 5.91 Å². The molecule has 0 aliphatic rings. The highest BCUT2D eigenvalue weighted by atomic mass is 16.6. The molecule has 0 atom stereocenters. The Hall–Kier alpha value is -2.64. The van der Waals surface area contributed by atoms with Crippen LogP contribution in [-0.4, -0.2) is 27.4 Å². The fourth-order valence-corrected chi connectivity index (χ4v) is 1.73. The second-order valence-electron chi connectivity index (χ2n) is 4.93. The number of nitrogens with two attached hydrogens (primary N) is 1. The van der Waals surface area contributed by atoms with Crippen molar-refractivity contribution in [2.24, 2.45) is 5.73 Å². The zero-order valence-electron chi connectivity index (χ0n) is 11.0. The van der Waals surface area contributed by atoms with E-state index in [4.69, 9.17) is 10.8 Å². The van der Waals surface area contributed by atoms with Crippen molar-refractivity contribution in [3.05, 3.63) is 33.9 Å². The van der Waals surface area contributed by atoms with Crippen molar-refractivity contribution in [3.8, 4) is 0 Å². The lowest BCUT2D eigenvalue weighted by Gasteiger charge is -2.25. The first-order valence-electron chi connectivity index (χ1n) is 5.70. The second-order valence-corrected chi connectivity index (χ2v) is 4.93. The maximum atomic E-state index is 11.0. The summed E-state index contributed by atoms with van der Waals surface area (Å²) in [7, 11) is 0. The van der Waals surface area contributed by atoms with E-state index in [1.807, 2.05) is 0 Å². The monoisotopic (exact) mass is 281 g/mol. The van der Waals surface area contributed by atoms with Crippen molar-refractivity contribution in [1.29, 1.82) is 0 Å². The molecule has 0 aliphatic carbocycles. The fraction of sp³-hybridized carbons (Fsp3) is 0.333. The van der Waals surface area contributed by atoms with Crippen molar-refractivity contribution in [2.45, 2.75) is 25.8 Å². The number of carboxylic acid groups (broad SMARTS) is 1. The third-order valence-corrected chi connectivity index (χ3v) is 2.55. The summed E-state index contributed by atoms with van der Waals surface area (Å²) >= 11 is 0. The number of carbonyl (C=O) groups excluding carboxylic acids is 1.